The molecule has 0 spiro atoms. The van der Waals surface area contributed by atoms with Gasteiger partial charge in [-0.2, -0.15) is 0 Å². The summed E-state index contributed by atoms with van der Waals surface area (Å²) in [6, 6.07) is 5.12. The summed E-state index contributed by atoms with van der Waals surface area (Å²) in [6.07, 6.45) is 0.936. The van der Waals surface area contributed by atoms with Crippen molar-refractivity contribution in [2.24, 2.45) is 11.7 Å². The third-order valence-corrected chi connectivity index (χ3v) is 2.34. The summed E-state index contributed by atoms with van der Waals surface area (Å²) in [7, 11) is 0. The highest BCUT2D eigenvalue weighted by atomic mass is 19.1. The van der Waals surface area contributed by atoms with E-state index >= 15 is 0 Å². The minimum Gasteiger partial charge on any atom is -0.324 e. The molecule has 2 heteroatoms. The third kappa shape index (κ3) is 2.81. The summed E-state index contributed by atoms with van der Waals surface area (Å²) >= 11 is 0. The molecule has 78 valence electrons. The molecule has 0 saturated carbocycles. The van der Waals surface area contributed by atoms with Gasteiger partial charge in [0, 0.05) is 6.04 Å². The molecule has 0 aliphatic rings. The third-order valence-electron chi connectivity index (χ3n) is 2.34. The molecule has 0 amide bonds. The summed E-state index contributed by atoms with van der Waals surface area (Å²) in [6.45, 7) is 6.04. The smallest absolute Gasteiger partial charge is 0.126 e. The first-order valence-corrected chi connectivity index (χ1v) is 5.02. The molecule has 1 rings (SSSR count). The van der Waals surface area contributed by atoms with E-state index in [4.69, 9.17) is 5.73 Å². The van der Waals surface area contributed by atoms with Crippen molar-refractivity contribution in [1.29, 1.82) is 0 Å². The van der Waals surface area contributed by atoms with Gasteiger partial charge in [-0.1, -0.05) is 26.0 Å². The zero-order valence-electron chi connectivity index (χ0n) is 9.05. The van der Waals surface area contributed by atoms with Gasteiger partial charge in [-0.15, -0.1) is 0 Å². The fraction of sp³-hybridized carbons (Fsp3) is 0.500. The van der Waals surface area contributed by atoms with Gasteiger partial charge in [0.05, 0.1) is 0 Å². The summed E-state index contributed by atoms with van der Waals surface area (Å²) in [5, 5.41) is 0. The van der Waals surface area contributed by atoms with Crippen molar-refractivity contribution in [2.75, 3.05) is 0 Å². The molecule has 0 fully saturated rings. The van der Waals surface area contributed by atoms with Crippen molar-refractivity contribution < 1.29 is 4.39 Å². The first kappa shape index (κ1) is 11.2. The molecule has 1 aromatic carbocycles. The van der Waals surface area contributed by atoms with Gasteiger partial charge in [0.25, 0.3) is 0 Å². The van der Waals surface area contributed by atoms with Crippen molar-refractivity contribution in [3.8, 4) is 0 Å². The lowest BCUT2D eigenvalue weighted by Crippen LogP contribution is -2.13. The van der Waals surface area contributed by atoms with Crippen LogP contribution in [-0.2, 0) is 0 Å². The molecule has 14 heavy (non-hydrogen) atoms. The van der Waals surface area contributed by atoms with Crippen LogP contribution < -0.4 is 5.73 Å². The number of nitrogens with two attached hydrogens (primary N) is 1. The second kappa shape index (κ2) is 4.56. The van der Waals surface area contributed by atoms with E-state index in [0.717, 1.165) is 12.0 Å². The van der Waals surface area contributed by atoms with Crippen molar-refractivity contribution in [2.45, 2.75) is 33.2 Å². The lowest BCUT2D eigenvalue weighted by Gasteiger charge is -2.15. The van der Waals surface area contributed by atoms with Crippen LogP contribution in [0, 0.1) is 18.7 Å². The number of hydrogen-bond donors (Lipinski definition) is 1. The first-order chi connectivity index (χ1) is 6.50. The van der Waals surface area contributed by atoms with E-state index in [9.17, 15) is 4.39 Å². The minimum absolute atomic E-state index is 0.0225. The Balaban J connectivity index is 2.80. The fourth-order valence-electron chi connectivity index (χ4n) is 1.54. The normalized spacial score (nSPS) is 13.3. The summed E-state index contributed by atoms with van der Waals surface area (Å²) in [4.78, 5) is 0. The highest BCUT2D eigenvalue weighted by Gasteiger charge is 2.09. The van der Waals surface area contributed by atoms with Crippen molar-refractivity contribution >= 4 is 0 Å². The van der Waals surface area contributed by atoms with Gasteiger partial charge in [-0.05, 0) is 36.5 Å². The maximum atomic E-state index is 13.0. The van der Waals surface area contributed by atoms with E-state index < -0.39 is 0 Å². The van der Waals surface area contributed by atoms with E-state index in [0.29, 0.717) is 11.5 Å². The van der Waals surface area contributed by atoms with Gasteiger partial charge < -0.3 is 5.73 Å². The van der Waals surface area contributed by atoms with Gasteiger partial charge >= 0.3 is 0 Å². The van der Waals surface area contributed by atoms with Crippen LogP contribution >= 0.6 is 0 Å². The molecule has 0 aromatic heterocycles. The van der Waals surface area contributed by atoms with Crippen molar-refractivity contribution in [3.63, 3.8) is 0 Å². The molecular formula is C12H18FN. The highest BCUT2D eigenvalue weighted by Crippen LogP contribution is 2.20. The average molecular weight is 195 g/mol. The maximum absolute atomic E-state index is 13.0. The molecule has 0 unspecified atom stereocenters. The van der Waals surface area contributed by atoms with E-state index in [-0.39, 0.29) is 11.9 Å². The number of rotatable bonds is 3. The topological polar surface area (TPSA) is 26.0 Å². The van der Waals surface area contributed by atoms with Gasteiger partial charge in [-0.3, -0.25) is 0 Å². The summed E-state index contributed by atoms with van der Waals surface area (Å²) in [5.74, 6) is 0.404. The van der Waals surface area contributed by atoms with Crippen LogP contribution in [-0.4, -0.2) is 0 Å². The van der Waals surface area contributed by atoms with Crippen LogP contribution in [0.1, 0.15) is 37.4 Å². The molecule has 0 heterocycles. The molecule has 0 radical (unpaired) electrons. The van der Waals surface area contributed by atoms with E-state index in [1.54, 1.807) is 13.0 Å². The fourth-order valence-corrected chi connectivity index (χ4v) is 1.54. The van der Waals surface area contributed by atoms with E-state index in [1.807, 2.05) is 6.07 Å². The SMILES string of the molecule is Cc1cc([C@@H](N)CC(C)C)ccc1F. The van der Waals surface area contributed by atoms with Gasteiger partial charge in [0.1, 0.15) is 5.82 Å². The Bertz CT molecular complexity index is 307. The Hall–Kier alpha value is -0.890. The second-order valence-corrected chi connectivity index (χ2v) is 4.24. The number of halogens is 1. The quantitative estimate of drug-likeness (QED) is 0.787. The van der Waals surface area contributed by atoms with Crippen LogP contribution in [0.15, 0.2) is 18.2 Å². The van der Waals surface area contributed by atoms with Gasteiger partial charge in [0.15, 0.2) is 0 Å². The highest BCUT2D eigenvalue weighted by molar-refractivity contribution is 5.26. The molecule has 1 nitrogen and oxygen atoms in total. The zero-order valence-corrected chi connectivity index (χ0v) is 9.05. The monoisotopic (exact) mass is 195 g/mol. The summed E-state index contributed by atoms with van der Waals surface area (Å²) < 4.78 is 13.0. The second-order valence-electron chi connectivity index (χ2n) is 4.24. The molecular weight excluding hydrogens is 177 g/mol. The molecule has 2 N–H and O–H groups in total. The maximum Gasteiger partial charge on any atom is 0.126 e. The lowest BCUT2D eigenvalue weighted by molar-refractivity contribution is 0.508. The molecule has 0 saturated heterocycles. The van der Waals surface area contributed by atoms with Crippen LogP contribution in [0.2, 0.25) is 0 Å². The Labute approximate surface area is 85.1 Å². The van der Waals surface area contributed by atoms with Crippen molar-refractivity contribution in [1.82, 2.24) is 0 Å². The molecule has 0 aliphatic heterocycles. The largest absolute Gasteiger partial charge is 0.324 e. The van der Waals surface area contributed by atoms with Crippen molar-refractivity contribution in [3.05, 3.63) is 35.1 Å². The average Bonchev–Trinajstić information content (AvgIpc) is 2.08. The molecule has 0 aliphatic carbocycles. The Morgan fingerprint density at radius 1 is 1.36 bits per heavy atom. The van der Waals surface area contributed by atoms with E-state index in [2.05, 4.69) is 13.8 Å². The number of hydrogen-bond acceptors (Lipinski definition) is 1. The Morgan fingerprint density at radius 3 is 2.50 bits per heavy atom. The Morgan fingerprint density at radius 2 is 2.00 bits per heavy atom. The molecule has 1 atom stereocenters. The van der Waals surface area contributed by atoms with Crippen LogP contribution in [0.3, 0.4) is 0 Å². The predicted molar refractivity (Wildman–Crippen MR) is 57.5 cm³/mol. The van der Waals surface area contributed by atoms with Crippen LogP contribution in [0.5, 0.6) is 0 Å². The molecule has 0 bridgehead atoms. The number of aryl methyl sites for hydroxylation is 1. The Kier molecular flexibility index (Phi) is 3.64. The predicted octanol–water partition coefficient (Wildman–Crippen LogP) is 3.18. The van der Waals surface area contributed by atoms with Crippen LogP contribution in [0.4, 0.5) is 4.39 Å². The van der Waals surface area contributed by atoms with E-state index in [1.165, 1.54) is 6.07 Å². The summed E-state index contributed by atoms with van der Waals surface area (Å²) in [5.41, 5.74) is 7.69. The number of benzene rings is 1. The first-order valence-electron chi connectivity index (χ1n) is 5.02. The zero-order chi connectivity index (χ0) is 10.7. The minimum atomic E-state index is -0.162. The van der Waals surface area contributed by atoms with Gasteiger partial charge in [0.2, 0.25) is 0 Å². The van der Waals surface area contributed by atoms with Crippen LogP contribution in [0.25, 0.3) is 0 Å². The lowest BCUT2D eigenvalue weighted by atomic mass is 9.97. The molecule has 1 aromatic rings. The standard InChI is InChI=1S/C12H18FN/c1-8(2)6-12(14)10-4-5-11(13)9(3)7-10/h4-5,7-8,12H,6,14H2,1-3H3/t12-/m0/s1. The van der Waals surface area contributed by atoms with Gasteiger partial charge in [-0.25, -0.2) is 4.39 Å².